The zero-order valence-corrected chi connectivity index (χ0v) is 12.2. The Balaban J connectivity index is 1.91. The summed E-state index contributed by atoms with van der Waals surface area (Å²) in [7, 11) is 1.61. The molecule has 0 atom stereocenters. The summed E-state index contributed by atoms with van der Waals surface area (Å²) < 4.78 is 5.57. The number of carbonyl (C=O) groups is 3. The lowest BCUT2D eigenvalue weighted by molar-refractivity contribution is -0.149. The Hall–Kier alpha value is -2.37. The van der Waals surface area contributed by atoms with Crippen LogP contribution in [-0.4, -0.2) is 60.7 Å². The van der Waals surface area contributed by atoms with Gasteiger partial charge >= 0.3 is 0 Å². The third-order valence-electron chi connectivity index (χ3n) is 3.36. The lowest BCUT2D eigenvalue weighted by Crippen LogP contribution is -2.53. The van der Waals surface area contributed by atoms with E-state index in [1.165, 1.54) is 16.7 Å². The van der Waals surface area contributed by atoms with E-state index in [9.17, 15) is 14.4 Å². The van der Waals surface area contributed by atoms with Crippen molar-refractivity contribution >= 4 is 17.6 Å². The summed E-state index contributed by atoms with van der Waals surface area (Å²) in [5.41, 5.74) is 0.512. The lowest BCUT2D eigenvalue weighted by atomic mass is 10.1. The molecule has 1 aliphatic heterocycles. The second-order valence-corrected chi connectivity index (χ2v) is 4.97. The summed E-state index contributed by atoms with van der Waals surface area (Å²) in [6.45, 7) is 2.22. The summed E-state index contributed by atoms with van der Waals surface area (Å²) in [5.74, 6) is 0.244. The number of Topliss-reactive ketones (excluding diaryl/α,β-unsaturated/α-hetero) is 1. The van der Waals surface area contributed by atoms with Gasteiger partial charge in [-0.05, 0) is 19.1 Å². The highest BCUT2D eigenvalue weighted by Gasteiger charge is 2.27. The zero-order chi connectivity index (χ0) is 15.4. The molecule has 0 radical (unpaired) electrons. The van der Waals surface area contributed by atoms with Gasteiger partial charge in [0.1, 0.15) is 12.4 Å². The van der Waals surface area contributed by atoms with E-state index in [1.807, 2.05) is 0 Å². The quantitative estimate of drug-likeness (QED) is 0.744. The van der Waals surface area contributed by atoms with Gasteiger partial charge in [-0.1, -0.05) is 12.1 Å². The van der Waals surface area contributed by atoms with Crippen LogP contribution in [-0.2, 0) is 9.59 Å². The molecule has 1 saturated heterocycles. The van der Waals surface area contributed by atoms with Crippen molar-refractivity contribution in [3.05, 3.63) is 29.8 Å². The van der Waals surface area contributed by atoms with Crippen molar-refractivity contribution < 1.29 is 19.1 Å². The maximum Gasteiger partial charge on any atom is 0.242 e. The van der Waals surface area contributed by atoms with Crippen LogP contribution >= 0.6 is 0 Å². The standard InChI is InChI=1S/C15H18N2O4/c1-11(18)12-5-3-4-6-13(12)21-8-7-17-10-14(19)16(2)9-15(17)20/h3-6H,7-10H2,1-2H3. The number of benzene rings is 1. The minimum Gasteiger partial charge on any atom is -0.491 e. The van der Waals surface area contributed by atoms with Crippen molar-refractivity contribution in [1.82, 2.24) is 9.80 Å². The van der Waals surface area contributed by atoms with Crippen LogP contribution in [0.15, 0.2) is 24.3 Å². The molecule has 112 valence electrons. The topological polar surface area (TPSA) is 66.9 Å². The molecule has 6 nitrogen and oxygen atoms in total. The number of para-hydroxylation sites is 1. The average molecular weight is 290 g/mol. The Bertz CT molecular complexity index is 571. The Morgan fingerprint density at radius 1 is 1.19 bits per heavy atom. The number of ether oxygens (including phenoxy) is 1. The second-order valence-electron chi connectivity index (χ2n) is 4.97. The molecule has 1 heterocycles. The Morgan fingerprint density at radius 2 is 1.90 bits per heavy atom. The van der Waals surface area contributed by atoms with Crippen LogP contribution in [0.4, 0.5) is 0 Å². The Morgan fingerprint density at radius 3 is 2.62 bits per heavy atom. The van der Waals surface area contributed by atoms with Crippen molar-refractivity contribution in [1.29, 1.82) is 0 Å². The Labute approximate surface area is 123 Å². The molecule has 1 fully saturated rings. The molecule has 2 rings (SSSR count). The normalized spacial score (nSPS) is 15.3. The number of hydrogen-bond acceptors (Lipinski definition) is 4. The predicted octanol–water partition coefficient (Wildman–Crippen LogP) is 0.569. The van der Waals surface area contributed by atoms with Gasteiger partial charge in [0.25, 0.3) is 0 Å². The molecule has 0 aromatic heterocycles. The molecule has 0 unspecified atom stereocenters. The summed E-state index contributed by atoms with van der Waals surface area (Å²) in [5, 5.41) is 0. The van der Waals surface area contributed by atoms with Gasteiger partial charge in [-0.25, -0.2) is 0 Å². The number of ketones is 1. The van der Waals surface area contributed by atoms with E-state index in [2.05, 4.69) is 0 Å². The molecule has 0 spiro atoms. The van der Waals surface area contributed by atoms with Crippen molar-refractivity contribution in [2.45, 2.75) is 6.92 Å². The first kappa shape index (κ1) is 15.0. The molecular formula is C15H18N2O4. The molecule has 6 heteroatoms. The highest BCUT2D eigenvalue weighted by atomic mass is 16.5. The predicted molar refractivity (Wildman–Crippen MR) is 76.2 cm³/mol. The van der Waals surface area contributed by atoms with Gasteiger partial charge in [0.2, 0.25) is 11.8 Å². The van der Waals surface area contributed by atoms with E-state index in [4.69, 9.17) is 4.74 Å². The summed E-state index contributed by atoms with van der Waals surface area (Å²) >= 11 is 0. The fraction of sp³-hybridized carbons (Fsp3) is 0.400. The van der Waals surface area contributed by atoms with Crippen molar-refractivity contribution in [3.63, 3.8) is 0 Å². The average Bonchev–Trinajstić information content (AvgIpc) is 2.44. The number of carbonyl (C=O) groups excluding carboxylic acids is 3. The van der Waals surface area contributed by atoms with Gasteiger partial charge in [0, 0.05) is 7.05 Å². The maximum absolute atomic E-state index is 11.8. The third kappa shape index (κ3) is 3.59. The zero-order valence-electron chi connectivity index (χ0n) is 12.2. The van der Waals surface area contributed by atoms with E-state index in [0.717, 1.165) is 0 Å². The molecule has 0 N–H and O–H groups in total. The van der Waals surface area contributed by atoms with Crippen molar-refractivity contribution in [3.8, 4) is 5.75 Å². The first-order chi connectivity index (χ1) is 9.99. The summed E-state index contributed by atoms with van der Waals surface area (Å²) in [6, 6.07) is 6.97. The van der Waals surface area contributed by atoms with Gasteiger partial charge in [-0.2, -0.15) is 0 Å². The van der Waals surface area contributed by atoms with Gasteiger partial charge in [0.05, 0.1) is 25.2 Å². The van der Waals surface area contributed by atoms with E-state index in [1.54, 1.807) is 31.3 Å². The molecule has 0 saturated carbocycles. The molecule has 2 amide bonds. The van der Waals surface area contributed by atoms with Crippen LogP contribution in [0.3, 0.4) is 0 Å². The van der Waals surface area contributed by atoms with Crippen LogP contribution in [0.1, 0.15) is 17.3 Å². The second kappa shape index (κ2) is 6.39. The maximum atomic E-state index is 11.8. The molecule has 1 aliphatic rings. The molecular weight excluding hydrogens is 272 g/mol. The first-order valence-electron chi connectivity index (χ1n) is 6.73. The first-order valence-corrected chi connectivity index (χ1v) is 6.73. The SMILES string of the molecule is CC(=O)c1ccccc1OCCN1CC(=O)N(C)CC1=O. The smallest absolute Gasteiger partial charge is 0.242 e. The number of piperazine rings is 1. The van der Waals surface area contributed by atoms with Crippen LogP contribution in [0, 0.1) is 0 Å². The number of hydrogen-bond donors (Lipinski definition) is 0. The highest BCUT2D eigenvalue weighted by Crippen LogP contribution is 2.18. The number of likely N-dealkylation sites (N-methyl/N-ethyl adjacent to an activating group) is 1. The van der Waals surface area contributed by atoms with E-state index in [0.29, 0.717) is 17.9 Å². The van der Waals surface area contributed by atoms with Crippen molar-refractivity contribution in [2.75, 3.05) is 33.3 Å². The monoisotopic (exact) mass is 290 g/mol. The third-order valence-corrected chi connectivity index (χ3v) is 3.36. The highest BCUT2D eigenvalue weighted by molar-refractivity contribution is 5.96. The van der Waals surface area contributed by atoms with Crippen LogP contribution in [0.2, 0.25) is 0 Å². The van der Waals surface area contributed by atoms with E-state index in [-0.39, 0.29) is 37.3 Å². The molecule has 1 aromatic carbocycles. The lowest BCUT2D eigenvalue weighted by Gasteiger charge is -2.31. The minimum atomic E-state index is -0.0967. The fourth-order valence-electron chi connectivity index (χ4n) is 2.12. The summed E-state index contributed by atoms with van der Waals surface area (Å²) in [6.07, 6.45) is 0. The molecule has 0 bridgehead atoms. The number of nitrogens with zero attached hydrogens (tertiary/aromatic N) is 2. The number of rotatable bonds is 5. The summed E-state index contributed by atoms with van der Waals surface area (Å²) in [4.78, 5) is 37.7. The molecule has 0 aliphatic carbocycles. The fourth-order valence-corrected chi connectivity index (χ4v) is 2.12. The molecule has 1 aromatic rings. The largest absolute Gasteiger partial charge is 0.491 e. The molecule has 21 heavy (non-hydrogen) atoms. The van der Waals surface area contributed by atoms with Gasteiger partial charge in [0.15, 0.2) is 5.78 Å². The van der Waals surface area contributed by atoms with Gasteiger partial charge in [-0.15, -0.1) is 0 Å². The number of amides is 2. The Kier molecular flexibility index (Phi) is 4.57. The van der Waals surface area contributed by atoms with Crippen molar-refractivity contribution in [2.24, 2.45) is 0 Å². The van der Waals surface area contributed by atoms with Gasteiger partial charge < -0.3 is 14.5 Å². The van der Waals surface area contributed by atoms with Crippen LogP contribution < -0.4 is 4.74 Å². The van der Waals surface area contributed by atoms with E-state index < -0.39 is 0 Å². The minimum absolute atomic E-state index is 0.0727. The van der Waals surface area contributed by atoms with E-state index >= 15 is 0 Å². The van der Waals surface area contributed by atoms with Crippen LogP contribution in [0.25, 0.3) is 0 Å². The van der Waals surface area contributed by atoms with Crippen LogP contribution in [0.5, 0.6) is 5.75 Å². The van der Waals surface area contributed by atoms with Gasteiger partial charge in [-0.3, -0.25) is 14.4 Å².